The number of carbonyl (C=O) groups is 1. The Balaban J connectivity index is 2.20. The predicted molar refractivity (Wildman–Crippen MR) is 81.8 cm³/mol. The topological polar surface area (TPSA) is 87.3 Å². The van der Waals surface area contributed by atoms with Crippen LogP contribution in [0.1, 0.15) is 0 Å². The number of benzene rings is 2. The van der Waals surface area contributed by atoms with Crippen molar-refractivity contribution in [3.63, 3.8) is 0 Å². The molecule has 0 fully saturated rings. The summed E-state index contributed by atoms with van der Waals surface area (Å²) >= 11 is 0. The van der Waals surface area contributed by atoms with Gasteiger partial charge in [-0.25, -0.2) is 13.2 Å². The number of anilines is 2. The van der Waals surface area contributed by atoms with Crippen LogP contribution in [-0.2, 0) is 10.0 Å². The molecule has 0 aromatic heterocycles. The van der Waals surface area contributed by atoms with Gasteiger partial charge in [0.1, 0.15) is 0 Å². The first-order valence-corrected chi connectivity index (χ1v) is 7.66. The van der Waals surface area contributed by atoms with E-state index >= 15 is 0 Å². The molecule has 0 aliphatic rings. The van der Waals surface area contributed by atoms with Gasteiger partial charge in [-0.3, -0.25) is 4.72 Å². The van der Waals surface area contributed by atoms with Crippen LogP contribution in [0, 0.1) is 0 Å². The average molecular weight is 305 g/mol. The molecule has 110 valence electrons. The van der Waals surface area contributed by atoms with Gasteiger partial charge < -0.3 is 10.6 Å². The van der Waals surface area contributed by atoms with Gasteiger partial charge in [0.25, 0.3) is 10.0 Å². The molecule has 0 spiro atoms. The van der Waals surface area contributed by atoms with E-state index in [1.807, 2.05) is 0 Å². The van der Waals surface area contributed by atoms with Crippen molar-refractivity contribution in [1.29, 1.82) is 0 Å². The maximum Gasteiger partial charge on any atom is 0.318 e. The third kappa shape index (κ3) is 3.96. The van der Waals surface area contributed by atoms with E-state index < -0.39 is 10.0 Å². The maximum atomic E-state index is 12.2. The zero-order valence-electron chi connectivity index (χ0n) is 11.3. The second kappa shape index (κ2) is 6.27. The first kappa shape index (κ1) is 14.9. The summed E-state index contributed by atoms with van der Waals surface area (Å²) in [6.45, 7) is 0. The van der Waals surface area contributed by atoms with Crippen molar-refractivity contribution < 1.29 is 13.2 Å². The molecule has 7 heteroatoms. The lowest BCUT2D eigenvalue weighted by Gasteiger charge is -2.10. The van der Waals surface area contributed by atoms with Crippen LogP contribution in [0.3, 0.4) is 0 Å². The fraction of sp³-hybridized carbons (Fsp3) is 0.0714. The molecule has 2 amide bonds. The summed E-state index contributed by atoms with van der Waals surface area (Å²) < 4.78 is 26.8. The third-order valence-electron chi connectivity index (χ3n) is 2.65. The van der Waals surface area contributed by atoms with Crippen molar-refractivity contribution in [1.82, 2.24) is 5.32 Å². The van der Waals surface area contributed by atoms with Crippen LogP contribution in [0.4, 0.5) is 16.2 Å². The molecule has 0 unspecified atom stereocenters. The molecular weight excluding hydrogens is 290 g/mol. The zero-order chi connectivity index (χ0) is 15.3. The highest BCUT2D eigenvalue weighted by molar-refractivity contribution is 7.92. The highest BCUT2D eigenvalue weighted by Gasteiger charge is 2.13. The normalized spacial score (nSPS) is 10.7. The number of hydrogen-bond acceptors (Lipinski definition) is 3. The molecule has 0 radical (unpaired) electrons. The Hall–Kier alpha value is -2.54. The average Bonchev–Trinajstić information content (AvgIpc) is 2.48. The Labute approximate surface area is 123 Å². The van der Waals surface area contributed by atoms with Gasteiger partial charge in [-0.05, 0) is 30.3 Å². The number of nitrogens with one attached hydrogen (secondary N) is 3. The molecule has 0 bridgehead atoms. The SMILES string of the molecule is CNC(=O)Nc1cccc(NS(=O)(=O)c2ccccc2)c1. The summed E-state index contributed by atoms with van der Waals surface area (Å²) in [5.74, 6) is 0. The third-order valence-corrected chi connectivity index (χ3v) is 4.05. The standard InChI is InChI=1S/C14H15N3O3S/c1-15-14(18)16-11-6-5-7-12(10-11)17-21(19,20)13-8-3-2-4-9-13/h2-10,17H,1H3,(H2,15,16,18). The van der Waals surface area contributed by atoms with Crippen LogP contribution < -0.4 is 15.4 Å². The quantitative estimate of drug-likeness (QED) is 0.809. The smallest absolute Gasteiger partial charge is 0.318 e. The van der Waals surface area contributed by atoms with Crippen molar-refractivity contribution in [2.24, 2.45) is 0 Å². The molecule has 2 rings (SSSR count). The molecular formula is C14H15N3O3S. The van der Waals surface area contributed by atoms with Crippen molar-refractivity contribution in [2.45, 2.75) is 4.90 Å². The first-order chi connectivity index (χ1) is 10.0. The monoisotopic (exact) mass is 305 g/mol. The van der Waals surface area contributed by atoms with Crippen LogP contribution in [0.5, 0.6) is 0 Å². The van der Waals surface area contributed by atoms with Crippen LogP contribution in [0.15, 0.2) is 59.5 Å². The Kier molecular flexibility index (Phi) is 4.44. The Morgan fingerprint density at radius 2 is 1.62 bits per heavy atom. The fourth-order valence-electron chi connectivity index (χ4n) is 1.67. The number of carbonyl (C=O) groups excluding carboxylic acids is 1. The number of amides is 2. The molecule has 2 aromatic rings. The largest absolute Gasteiger partial charge is 0.341 e. The molecule has 6 nitrogen and oxygen atoms in total. The summed E-state index contributed by atoms with van der Waals surface area (Å²) in [5, 5.41) is 4.99. The number of rotatable bonds is 4. The number of sulfonamides is 1. The highest BCUT2D eigenvalue weighted by atomic mass is 32.2. The van der Waals surface area contributed by atoms with Crippen LogP contribution >= 0.6 is 0 Å². The Morgan fingerprint density at radius 3 is 2.29 bits per heavy atom. The molecule has 0 heterocycles. The summed E-state index contributed by atoms with van der Waals surface area (Å²) in [6.07, 6.45) is 0. The molecule has 0 aliphatic heterocycles. The van der Waals surface area contributed by atoms with Gasteiger partial charge in [-0.15, -0.1) is 0 Å². The Morgan fingerprint density at radius 1 is 0.952 bits per heavy atom. The maximum absolute atomic E-state index is 12.2. The molecule has 0 saturated carbocycles. The van der Waals surface area contributed by atoms with Crippen molar-refractivity contribution in [3.05, 3.63) is 54.6 Å². The van der Waals surface area contributed by atoms with Gasteiger partial charge >= 0.3 is 6.03 Å². The van der Waals surface area contributed by atoms with Gasteiger partial charge in [-0.2, -0.15) is 0 Å². The summed E-state index contributed by atoms with van der Waals surface area (Å²) in [6, 6.07) is 14.1. The van der Waals surface area contributed by atoms with E-state index in [1.54, 1.807) is 36.4 Å². The lowest BCUT2D eigenvalue weighted by molar-refractivity contribution is 0.254. The van der Waals surface area contributed by atoms with E-state index in [9.17, 15) is 13.2 Å². The summed E-state index contributed by atoms with van der Waals surface area (Å²) in [7, 11) is -2.15. The minimum Gasteiger partial charge on any atom is -0.341 e. The van der Waals surface area contributed by atoms with E-state index in [4.69, 9.17) is 0 Å². The van der Waals surface area contributed by atoms with E-state index in [-0.39, 0.29) is 10.9 Å². The second-order valence-electron chi connectivity index (χ2n) is 4.20. The summed E-state index contributed by atoms with van der Waals surface area (Å²) in [4.78, 5) is 11.4. The number of urea groups is 1. The molecule has 3 N–H and O–H groups in total. The minimum atomic E-state index is -3.64. The summed E-state index contributed by atoms with van der Waals surface area (Å²) in [5.41, 5.74) is 0.857. The van der Waals surface area contributed by atoms with E-state index in [0.29, 0.717) is 11.4 Å². The molecule has 21 heavy (non-hydrogen) atoms. The van der Waals surface area contributed by atoms with Crippen molar-refractivity contribution in [3.8, 4) is 0 Å². The highest BCUT2D eigenvalue weighted by Crippen LogP contribution is 2.19. The van der Waals surface area contributed by atoms with Crippen molar-refractivity contribution in [2.75, 3.05) is 17.1 Å². The second-order valence-corrected chi connectivity index (χ2v) is 5.89. The van der Waals surface area contributed by atoms with E-state index in [0.717, 1.165) is 0 Å². The molecule has 0 aliphatic carbocycles. The van der Waals surface area contributed by atoms with E-state index in [2.05, 4.69) is 15.4 Å². The van der Waals surface area contributed by atoms with Crippen LogP contribution in [-0.4, -0.2) is 21.5 Å². The van der Waals surface area contributed by atoms with Crippen LogP contribution in [0.2, 0.25) is 0 Å². The molecule has 0 atom stereocenters. The lowest BCUT2D eigenvalue weighted by atomic mass is 10.3. The van der Waals surface area contributed by atoms with Crippen LogP contribution in [0.25, 0.3) is 0 Å². The minimum absolute atomic E-state index is 0.176. The zero-order valence-corrected chi connectivity index (χ0v) is 12.1. The van der Waals surface area contributed by atoms with Gasteiger partial charge in [0.15, 0.2) is 0 Å². The predicted octanol–water partition coefficient (Wildman–Crippen LogP) is 2.24. The molecule has 2 aromatic carbocycles. The molecule has 0 saturated heterocycles. The van der Waals surface area contributed by atoms with Gasteiger partial charge in [0.05, 0.1) is 10.6 Å². The fourth-order valence-corrected chi connectivity index (χ4v) is 2.74. The van der Waals surface area contributed by atoms with Gasteiger partial charge in [-0.1, -0.05) is 24.3 Å². The Bertz CT molecular complexity index is 730. The van der Waals surface area contributed by atoms with Crippen molar-refractivity contribution >= 4 is 27.4 Å². The lowest BCUT2D eigenvalue weighted by Crippen LogP contribution is -2.24. The number of hydrogen-bond donors (Lipinski definition) is 3. The van der Waals surface area contributed by atoms with Gasteiger partial charge in [0.2, 0.25) is 0 Å². The first-order valence-electron chi connectivity index (χ1n) is 6.18. The van der Waals surface area contributed by atoms with E-state index in [1.165, 1.54) is 25.2 Å². The van der Waals surface area contributed by atoms with Gasteiger partial charge in [0, 0.05) is 12.7 Å².